The van der Waals surface area contributed by atoms with Gasteiger partial charge in [0.25, 0.3) is 10.0 Å². The van der Waals surface area contributed by atoms with Gasteiger partial charge in [-0.3, -0.25) is 9.82 Å². The third kappa shape index (κ3) is 2.59. The highest BCUT2D eigenvalue weighted by atomic mass is 35.5. The molecule has 2 rings (SSSR count). The van der Waals surface area contributed by atoms with Crippen LogP contribution in [0, 0.1) is 20.8 Å². The highest BCUT2D eigenvalue weighted by Gasteiger charge is 2.21. The van der Waals surface area contributed by atoms with Crippen molar-refractivity contribution in [2.75, 3.05) is 10.5 Å². The molecule has 0 atom stereocenters. The Morgan fingerprint density at radius 1 is 1.30 bits per heavy atom. The molecule has 1 heterocycles. The van der Waals surface area contributed by atoms with Gasteiger partial charge in [-0.25, -0.2) is 8.42 Å². The van der Waals surface area contributed by atoms with E-state index in [0.717, 1.165) is 0 Å². The maximum Gasteiger partial charge on any atom is 0.262 e. The van der Waals surface area contributed by atoms with Crippen molar-refractivity contribution in [3.63, 3.8) is 0 Å². The van der Waals surface area contributed by atoms with Gasteiger partial charge < -0.3 is 5.73 Å². The van der Waals surface area contributed by atoms with E-state index in [4.69, 9.17) is 17.3 Å². The smallest absolute Gasteiger partial charge is 0.262 e. The lowest BCUT2D eigenvalue weighted by Crippen LogP contribution is -2.15. The average molecular weight is 315 g/mol. The van der Waals surface area contributed by atoms with E-state index in [-0.39, 0.29) is 10.6 Å². The number of nitrogen functional groups attached to an aromatic ring is 1. The molecule has 0 spiro atoms. The number of benzene rings is 1. The molecule has 0 fully saturated rings. The minimum atomic E-state index is -3.75. The lowest BCUT2D eigenvalue weighted by atomic mass is 10.2. The summed E-state index contributed by atoms with van der Waals surface area (Å²) in [7, 11) is -3.75. The number of sulfonamides is 1. The molecule has 0 aliphatic rings. The molecule has 0 saturated heterocycles. The normalized spacial score (nSPS) is 11.6. The molecule has 0 unspecified atom stereocenters. The van der Waals surface area contributed by atoms with Gasteiger partial charge in [0.05, 0.1) is 32.7 Å². The van der Waals surface area contributed by atoms with E-state index >= 15 is 0 Å². The number of aromatic amines is 1. The average Bonchev–Trinajstić information content (AvgIpc) is 2.65. The van der Waals surface area contributed by atoms with Crippen LogP contribution in [0.2, 0.25) is 5.02 Å². The van der Waals surface area contributed by atoms with Crippen LogP contribution in [0.15, 0.2) is 17.0 Å². The Morgan fingerprint density at radius 3 is 2.50 bits per heavy atom. The Hall–Kier alpha value is -1.73. The fourth-order valence-corrected chi connectivity index (χ4v) is 3.51. The van der Waals surface area contributed by atoms with Crippen LogP contribution in [0.5, 0.6) is 0 Å². The monoisotopic (exact) mass is 314 g/mol. The van der Waals surface area contributed by atoms with Crippen LogP contribution in [-0.2, 0) is 10.0 Å². The van der Waals surface area contributed by atoms with Gasteiger partial charge in [-0.2, -0.15) is 5.10 Å². The Labute approximate surface area is 122 Å². The van der Waals surface area contributed by atoms with Crippen molar-refractivity contribution in [1.29, 1.82) is 0 Å². The summed E-state index contributed by atoms with van der Waals surface area (Å²) in [4.78, 5) is 0.0967. The van der Waals surface area contributed by atoms with Gasteiger partial charge in [-0.1, -0.05) is 11.6 Å². The Balaban J connectivity index is 2.49. The van der Waals surface area contributed by atoms with Crippen molar-refractivity contribution in [1.82, 2.24) is 10.2 Å². The largest absolute Gasteiger partial charge is 0.397 e. The molecule has 0 aliphatic carbocycles. The van der Waals surface area contributed by atoms with E-state index in [1.807, 2.05) is 0 Å². The molecule has 8 heteroatoms. The number of anilines is 2. The van der Waals surface area contributed by atoms with Gasteiger partial charge in [0.2, 0.25) is 0 Å². The van der Waals surface area contributed by atoms with Crippen molar-refractivity contribution >= 4 is 33.0 Å². The number of rotatable bonds is 3. The first-order valence-corrected chi connectivity index (χ1v) is 7.68. The van der Waals surface area contributed by atoms with E-state index < -0.39 is 10.0 Å². The summed E-state index contributed by atoms with van der Waals surface area (Å²) in [6.07, 6.45) is 0. The molecule has 0 bridgehead atoms. The molecule has 1 aromatic heterocycles. The second kappa shape index (κ2) is 4.99. The third-order valence-electron chi connectivity index (χ3n) is 2.95. The van der Waals surface area contributed by atoms with E-state index in [1.165, 1.54) is 12.1 Å². The van der Waals surface area contributed by atoms with Crippen LogP contribution in [0.3, 0.4) is 0 Å². The first-order chi connectivity index (χ1) is 9.22. The number of nitrogens with one attached hydrogen (secondary N) is 2. The van der Waals surface area contributed by atoms with Crippen LogP contribution in [0.4, 0.5) is 11.4 Å². The molecular weight excluding hydrogens is 300 g/mol. The molecule has 108 valence electrons. The van der Waals surface area contributed by atoms with Crippen LogP contribution in [0.1, 0.15) is 17.0 Å². The van der Waals surface area contributed by atoms with Crippen molar-refractivity contribution in [3.05, 3.63) is 34.1 Å². The van der Waals surface area contributed by atoms with E-state index in [0.29, 0.717) is 27.7 Å². The number of halogens is 1. The number of aryl methyl sites for hydroxylation is 3. The quantitative estimate of drug-likeness (QED) is 0.757. The maximum absolute atomic E-state index is 12.4. The number of nitrogens with two attached hydrogens (primary N) is 1. The molecule has 4 N–H and O–H groups in total. The molecule has 0 saturated carbocycles. The predicted molar refractivity (Wildman–Crippen MR) is 79.5 cm³/mol. The van der Waals surface area contributed by atoms with E-state index in [9.17, 15) is 8.42 Å². The number of aromatic nitrogens is 2. The lowest BCUT2D eigenvalue weighted by Gasteiger charge is -2.12. The van der Waals surface area contributed by atoms with Crippen molar-refractivity contribution in [2.45, 2.75) is 25.7 Å². The van der Waals surface area contributed by atoms with Gasteiger partial charge >= 0.3 is 0 Å². The van der Waals surface area contributed by atoms with Crippen molar-refractivity contribution < 1.29 is 8.42 Å². The van der Waals surface area contributed by atoms with Crippen LogP contribution in [0.25, 0.3) is 0 Å². The van der Waals surface area contributed by atoms with Crippen molar-refractivity contribution in [3.8, 4) is 0 Å². The molecule has 2 aromatic rings. The van der Waals surface area contributed by atoms with Gasteiger partial charge in [-0.05, 0) is 38.5 Å². The van der Waals surface area contributed by atoms with Crippen LogP contribution < -0.4 is 10.5 Å². The van der Waals surface area contributed by atoms with Gasteiger partial charge in [-0.15, -0.1) is 0 Å². The number of nitrogens with zero attached hydrogens (tertiary/aromatic N) is 1. The molecule has 6 nitrogen and oxygen atoms in total. The molecule has 0 amide bonds. The second-order valence-corrected chi connectivity index (χ2v) is 6.61. The van der Waals surface area contributed by atoms with Gasteiger partial charge in [0.15, 0.2) is 0 Å². The Kier molecular flexibility index (Phi) is 3.66. The zero-order valence-electron chi connectivity index (χ0n) is 11.3. The zero-order valence-corrected chi connectivity index (χ0v) is 12.9. The fourth-order valence-electron chi connectivity index (χ4n) is 1.85. The van der Waals surface area contributed by atoms with Gasteiger partial charge in [0, 0.05) is 0 Å². The standard InChI is InChI=1S/C12H15ClN4O2S/c1-6-4-9(13)10(14)5-11(6)20(18,19)17-12-7(2)15-16-8(12)3/h4-5,17H,14H2,1-3H3,(H,15,16). The van der Waals surface area contributed by atoms with E-state index in [1.54, 1.807) is 20.8 Å². The molecule has 1 aromatic carbocycles. The second-order valence-electron chi connectivity index (χ2n) is 4.55. The van der Waals surface area contributed by atoms with E-state index in [2.05, 4.69) is 14.9 Å². The van der Waals surface area contributed by atoms with Gasteiger partial charge in [0.1, 0.15) is 0 Å². The summed E-state index contributed by atoms with van der Waals surface area (Å²) in [5, 5.41) is 7.00. The summed E-state index contributed by atoms with van der Waals surface area (Å²) < 4.78 is 27.4. The summed E-state index contributed by atoms with van der Waals surface area (Å²) >= 11 is 5.87. The third-order valence-corrected chi connectivity index (χ3v) is 4.77. The Morgan fingerprint density at radius 2 is 1.95 bits per heavy atom. The first kappa shape index (κ1) is 14.7. The summed E-state index contributed by atoms with van der Waals surface area (Å²) in [5.41, 5.74) is 8.08. The topological polar surface area (TPSA) is 101 Å². The highest BCUT2D eigenvalue weighted by Crippen LogP contribution is 2.28. The maximum atomic E-state index is 12.4. The SMILES string of the molecule is Cc1cc(Cl)c(N)cc1S(=O)(=O)Nc1c(C)n[nH]c1C. The molecule has 0 radical (unpaired) electrons. The highest BCUT2D eigenvalue weighted by molar-refractivity contribution is 7.92. The van der Waals surface area contributed by atoms with Crippen LogP contribution >= 0.6 is 11.6 Å². The lowest BCUT2D eigenvalue weighted by molar-refractivity contribution is 0.600. The molecule has 0 aliphatic heterocycles. The predicted octanol–water partition coefficient (Wildman–Crippen LogP) is 2.37. The zero-order chi connectivity index (χ0) is 15.1. The first-order valence-electron chi connectivity index (χ1n) is 5.82. The number of hydrogen-bond acceptors (Lipinski definition) is 4. The summed E-state index contributed by atoms with van der Waals surface area (Å²) in [6.45, 7) is 5.11. The summed E-state index contributed by atoms with van der Waals surface area (Å²) in [6, 6.07) is 2.88. The minimum absolute atomic E-state index is 0.0967. The summed E-state index contributed by atoms with van der Waals surface area (Å²) in [5.74, 6) is 0. The van der Waals surface area contributed by atoms with Crippen molar-refractivity contribution in [2.24, 2.45) is 0 Å². The van der Waals surface area contributed by atoms with Crippen LogP contribution in [-0.4, -0.2) is 18.6 Å². The Bertz CT molecular complexity index is 749. The fraction of sp³-hybridized carbons (Fsp3) is 0.250. The number of hydrogen-bond donors (Lipinski definition) is 3. The molecule has 20 heavy (non-hydrogen) atoms. The number of H-pyrrole nitrogens is 1. The minimum Gasteiger partial charge on any atom is -0.397 e. The molecular formula is C12H15ClN4O2S.